The van der Waals surface area contributed by atoms with Gasteiger partial charge in [-0.2, -0.15) is 0 Å². The van der Waals surface area contributed by atoms with Crippen molar-refractivity contribution in [2.75, 3.05) is 26.2 Å². The third-order valence-corrected chi connectivity index (χ3v) is 3.73. The molecule has 19 heavy (non-hydrogen) atoms. The first-order valence-corrected chi connectivity index (χ1v) is 7.64. The number of rotatable bonds is 7. The van der Waals surface area contributed by atoms with Crippen LogP contribution in [0.15, 0.2) is 10.6 Å². The molecule has 1 aliphatic rings. The molecule has 4 nitrogen and oxygen atoms in total. The highest BCUT2D eigenvalue weighted by Gasteiger charge is 2.09. The van der Waals surface area contributed by atoms with Crippen LogP contribution < -0.4 is 5.32 Å². The van der Waals surface area contributed by atoms with Gasteiger partial charge in [-0.05, 0) is 45.4 Å². The highest BCUT2D eigenvalue weighted by Crippen LogP contribution is 2.14. The number of nitrogens with zero attached hydrogens (tertiary/aromatic N) is 2. The number of nitrogens with one attached hydrogen (secondary N) is 1. The van der Waals surface area contributed by atoms with Crippen molar-refractivity contribution in [1.29, 1.82) is 0 Å². The van der Waals surface area contributed by atoms with Crippen LogP contribution >= 0.6 is 0 Å². The molecule has 1 aromatic heterocycles. The van der Waals surface area contributed by atoms with E-state index in [0.717, 1.165) is 24.5 Å². The van der Waals surface area contributed by atoms with Crippen molar-refractivity contribution in [3.63, 3.8) is 0 Å². The molecule has 2 heterocycles. The van der Waals surface area contributed by atoms with E-state index in [4.69, 9.17) is 4.52 Å². The number of piperidine rings is 1. The van der Waals surface area contributed by atoms with E-state index in [1.165, 1.54) is 45.3 Å². The van der Waals surface area contributed by atoms with Gasteiger partial charge in [0.15, 0.2) is 0 Å². The van der Waals surface area contributed by atoms with Crippen LogP contribution in [0.5, 0.6) is 0 Å². The second-order valence-corrected chi connectivity index (χ2v) is 5.81. The maximum Gasteiger partial charge on any atom is 0.139 e. The molecule has 1 N–H and O–H groups in total. The maximum atomic E-state index is 5.28. The van der Waals surface area contributed by atoms with Crippen LogP contribution in [0.3, 0.4) is 0 Å². The van der Waals surface area contributed by atoms with Gasteiger partial charge in [-0.25, -0.2) is 0 Å². The molecule has 1 aliphatic heterocycles. The molecule has 0 spiro atoms. The predicted octanol–water partition coefficient (Wildman–Crippen LogP) is 2.76. The first-order valence-electron chi connectivity index (χ1n) is 7.64. The zero-order valence-corrected chi connectivity index (χ0v) is 12.3. The van der Waals surface area contributed by atoms with Gasteiger partial charge in [-0.1, -0.05) is 25.4 Å². The summed E-state index contributed by atoms with van der Waals surface area (Å²) in [7, 11) is 0. The second kappa shape index (κ2) is 7.65. The Morgan fingerprint density at radius 3 is 2.79 bits per heavy atom. The quantitative estimate of drug-likeness (QED) is 0.770. The number of likely N-dealkylation sites (tertiary alicyclic amines) is 1. The largest absolute Gasteiger partial charge is 0.361 e. The molecule has 4 heteroatoms. The Balaban J connectivity index is 1.55. The normalized spacial score (nSPS) is 17.2. The zero-order chi connectivity index (χ0) is 13.5. The summed E-state index contributed by atoms with van der Waals surface area (Å²) in [5.41, 5.74) is 1.02. The van der Waals surface area contributed by atoms with Gasteiger partial charge in [0.2, 0.25) is 0 Å². The highest BCUT2D eigenvalue weighted by atomic mass is 16.5. The SMILES string of the molecule is CC(C)c1cc(CNCCCN2CCCCC2)no1. The van der Waals surface area contributed by atoms with Gasteiger partial charge in [-0.3, -0.25) is 0 Å². The minimum Gasteiger partial charge on any atom is -0.361 e. The Morgan fingerprint density at radius 2 is 2.11 bits per heavy atom. The lowest BCUT2D eigenvalue weighted by Gasteiger charge is -2.26. The Labute approximate surface area is 116 Å². The Morgan fingerprint density at radius 1 is 1.32 bits per heavy atom. The van der Waals surface area contributed by atoms with Crippen molar-refractivity contribution in [2.24, 2.45) is 0 Å². The van der Waals surface area contributed by atoms with Crippen molar-refractivity contribution in [3.05, 3.63) is 17.5 Å². The van der Waals surface area contributed by atoms with Gasteiger partial charge in [0.25, 0.3) is 0 Å². The molecule has 1 fully saturated rings. The molecule has 108 valence electrons. The smallest absolute Gasteiger partial charge is 0.139 e. The maximum absolute atomic E-state index is 5.28. The molecule has 0 aromatic carbocycles. The average Bonchev–Trinajstić information content (AvgIpc) is 2.89. The number of hydrogen-bond donors (Lipinski definition) is 1. The van der Waals surface area contributed by atoms with Crippen LogP contribution in [0.4, 0.5) is 0 Å². The molecule has 0 atom stereocenters. The third-order valence-electron chi connectivity index (χ3n) is 3.73. The van der Waals surface area contributed by atoms with E-state index < -0.39 is 0 Å². The Hall–Kier alpha value is -0.870. The summed E-state index contributed by atoms with van der Waals surface area (Å²) in [5.74, 6) is 1.39. The summed E-state index contributed by atoms with van der Waals surface area (Å²) >= 11 is 0. The molecule has 0 aliphatic carbocycles. The lowest BCUT2D eigenvalue weighted by atomic mass is 10.1. The fourth-order valence-electron chi connectivity index (χ4n) is 2.51. The van der Waals surface area contributed by atoms with Crippen LogP contribution in [0.25, 0.3) is 0 Å². The number of aromatic nitrogens is 1. The predicted molar refractivity (Wildman–Crippen MR) is 77.2 cm³/mol. The number of hydrogen-bond acceptors (Lipinski definition) is 4. The summed E-state index contributed by atoms with van der Waals surface area (Å²) in [5, 5.41) is 7.52. The molecule has 2 rings (SSSR count). The summed E-state index contributed by atoms with van der Waals surface area (Å²) in [4.78, 5) is 2.58. The molecular formula is C15H27N3O. The van der Waals surface area contributed by atoms with Crippen molar-refractivity contribution in [2.45, 2.75) is 52.0 Å². The van der Waals surface area contributed by atoms with E-state index in [-0.39, 0.29) is 0 Å². The Kier molecular flexibility index (Phi) is 5.86. The van der Waals surface area contributed by atoms with Gasteiger partial charge < -0.3 is 14.7 Å². The first kappa shape index (κ1) is 14.5. The van der Waals surface area contributed by atoms with Crippen molar-refractivity contribution >= 4 is 0 Å². The fourth-order valence-corrected chi connectivity index (χ4v) is 2.51. The molecule has 1 aromatic rings. The van der Waals surface area contributed by atoms with Crippen LogP contribution in [-0.2, 0) is 6.54 Å². The molecule has 0 radical (unpaired) electrons. The van der Waals surface area contributed by atoms with Crippen molar-refractivity contribution < 1.29 is 4.52 Å². The van der Waals surface area contributed by atoms with Crippen LogP contribution in [-0.4, -0.2) is 36.2 Å². The topological polar surface area (TPSA) is 41.3 Å². The monoisotopic (exact) mass is 265 g/mol. The average molecular weight is 265 g/mol. The fraction of sp³-hybridized carbons (Fsp3) is 0.800. The summed E-state index contributed by atoms with van der Waals surface area (Å²) < 4.78 is 5.28. The minimum atomic E-state index is 0.417. The molecule has 0 amide bonds. The van der Waals surface area contributed by atoms with Crippen LogP contribution in [0, 0.1) is 0 Å². The van der Waals surface area contributed by atoms with Gasteiger partial charge in [-0.15, -0.1) is 0 Å². The summed E-state index contributed by atoms with van der Waals surface area (Å²) in [6, 6.07) is 2.06. The first-order chi connectivity index (χ1) is 9.25. The third kappa shape index (κ3) is 4.96. The molecule has 0 bridgehead atoms. The highest BCUT2D eigenvalue weighted by molar-refractivity contribution is 5.08. The van der Waals surface area contributed by atoms with E-state index in [0.29, 0.717) is 5.92 Å². The van der Waals surface area contributed by atoms with Crippen molar-refractivity contribution in [1.82, 2.24) is 15.4 Å². The van der Waals surface area contributed by atoms with E-state index in [1.807, 2.05) is 0 Å². The van der Waals surface area contributed by atoms with Gasteiger partial charge in [0.1, 0.15) is 5.76 Å². The van der Waals surface area contributed by atoms with E-state index in [1.54, 1.807) is 0 Å². The lowest BCUT2D eigenvalue weighted by Crippen LogP contribution is -2.32. The van der Waals surface area contributed by atoms with Gasteiger partial charge in [0.05, 0.1) is 5.69 Å². The Bertz CT molecular complexity index is 356. The lowest BCUT2D eigenvalue weighted by molar-refractivity contribution is 0.225. The summed E-state index contributed by atoms with van der Waals surface area (Å²) in [6.45, 7) is 9.93. The van der Waals surface area contributed by atoms with Crippen LogP contribution in [0.2, 0.25) is 0 Å². The second-order valence-electron chi connectivity index (χ2n) is 5.81. The van der Waals surface area contributed by atoms with E-state index >= 15 is 0 Å². The van der Waals surface area contributed by atoms with Crippen molar-refractivity contribution in [3.8, 4) is 0 Å². The molecule has 0 saturated carbocycles. The van der Waals surface area contributed by atoms with E-state index in [9.17, 15) is 0 Å². The minimum absolute atomic E-state index is 0.417. The summed E-state index contributed by atoms with van der Waals surface area (Å²) in [6.07, 6.45) is 5.39. The van der Waals surface area contributed by atoms with Gasteiger partial charge in [0, 0.05) is 18.5 Å². The van der Waals surface area contributed by atoms with E-state index in [2.05, 4.69) is 35.3 Å². The standard InChI is InChI=1S/C15H27N3O/c1-13(2)15-11-14(17-19-15)12-16-7-6-10-18-8-4-3-5-9-18/h11,13,16H,3-10,12H2,1-2H3. The zero-order valence-electron chi connectivity index (χ0n) is 12.3. The van der Waals surface area contributed by atoms with Crippen LogP contribution in [0.1, 0.15) is 56.9 Å². The molecular weight excluding hydrogens is 238 g/mol. The van der Waals surface area contributed by atoms with Gasteiger partial charge >= 0.3 is 0 Å². The molecule has 0 unspecified atom stereocenters. The molecule has 1 saturated heterocycles.